The van der Waals surface area contributed by atoms with Gasteiger partial charge in [-0.25, -0.2) is 0 Å². The summed E-state index contributed by atoms with van der Waals surface area (Å²) in [5.74, 6) is -0.309. The second-order valence-corrected chi connectivity index (χ2v) is 2.22. The van der Waals surface area contributed by atoms with Gasteiger partial charge in [0.25, 0.3) is 0 Å². The van der Waals surface area contributed by atoms with Gasteiger partial charge in [-0.15, -0.1) is 0 Å². The van der Waals surface area contributed by atoms with Gasteiger partial charge in [0, 0.05) is 13.1 Å². The van der Waals surface area contributed by atoms with E-state index in [0.29, 0.717) is 5.69 Å². The number of Topliss-reactive ketones (excluding diaryl/α,β-unsaturated/α-hetero) is 1. The standard InChI is InChI=1S/C8H8N2O2/c1-6(11)8(10-12)7-4-2-3-5-9-7/h2-5,12H,1H3/b10-8-. The molecule has 4 nitrogen and oxygen atoms in total. The van der Waals surface area contributed by atoms with Crippen LogP contribution in [-0.2, 0) is 4.79 Å². The zero-order chi connectivity index (χ0) is 8.97. The molecule has 0 aliphatic carbocycles. The molecule has 0 bridgehead atoms. The van der Waals surface area contributed by atoms with Crippen molar-refractivity contribution in [3.63, 3.8) is 0 Å². The van der Waals surface area contributed by atoms with Gasteiger partial charge in [0.15, 0.2) is 11.5 Å². The molecule has 1 N–H and O–H groups in total. The molecule has 0 radical (unpaired) electrons. The fourth-order valence-electron chi connectivity index (χ4n) is 0.805. The van der Waals surface area contributed by atoms with Crippen LogP contribution < -0.4 is 0 Å². The van der Waals surface area contributed by atoms with Crippen LogP contribution in [0.4, 0.5) is 0 Å². The first-order valence-corrected chi connectivity index (χ1v) is 3.40. The quantitative estimate of drug-likeness (QED) is 0.400. The first kappa shape index (κ1) is 8.39. The van der Waals surface area contributed by atoms with Crippen LogP contribution in [0.15, 0.2) is 29.6 Å². The molecule has 1 heterocycles. The largest absolute Gasteiger partial charge is 0.410 e. The summed E-state index contributed by atoms with van der Waals surface area (Å²) < 4.78 is 0. The summed E-state index contributed by atoms with van der Waals surface area (Å²) in [6.45, 7) is 1.32. The zero-order valence-corrected chi connectivity index (χ0v) is 6.56. The number of carbonyl (C=O) groups excluding carboxylic acids is 1. The van der Waals surface area contributed by atoms with Crippen LogP contribution in [0.2, 0.25) is 0 Å². The van der Waals surface area contributed by atoms with E-state index in [4.69, 9.17) is 5.21 Å². The fourth-order valence-corrected chi connectivity index (χ4v) is 0.805. The summed E-state index contributed by atoms with van der Waals surface area (Å²) >= 11 is 0. The Morgan fingerprint density at radius 2 is 2.33 bits per heavy atom. The minimum absolute atomic E-state index is 0.0180. The van der Waals surface area contributed by atoms with E-state index in [1.54, 1.807) is 18.2 Å². The first-order valence-electron chi connectivity index (χ1n) is 3.40. The highest BCUT2D eigenvalue weighted by Crippen LogP contribution is 1.97. The lowest BCUT2D eigenvalue weighted by Crippen LogP contribution is -2.12. The summed E-state index contributed by atoms with van der Waals surface area (Å²) in [7, 11) is 0. The van der Waals surface area contributed by atoms with Crippen molar-refractivity contribution in [3.8, 4) is 0 Å². The predicted octanol–water partition coefficient (Wildman–Crippen LogP) is 0.849. The molecule has 0 spiro atoms. The molecule has 0 amide bonds. The van der Waals surface area contributed by atoms with E-state index < -0.39 is 0 Å². The predicted molar refractivity (Wildman–Crippen MR) is 43.2 cm³/mol. The lowest BCUT2D eigenvalue weighted by atomic mass is 10.2. The Morgan fingerprint density at radius 3 is 2.75 bits per heavy atom. The van der Waals surface area contributed by atoms with Crippen LogP contribution in [0.3, 0.4) is 0 Å². The van der Waals surface area contributed by atoms with Crippen LogP contribution in [-0.4, -0.2) is 21.7 Å². The summed E-state index contributed by atoms with van der Waals surface area (Å²) in [5, 5.41) is 11.3. The molecule has 0 saturated heterocycles. The molecular weight excluding hydrogens is 156 g/mol. The Kier molecular flexibility index (Phi) is 2.53. The van der Waals surface area contributed by atoms with Gasteiger partial charge in [0.2, 0.25) is 0 Å². The van der Waals surface area contributed by atoms with Gasteiger partial charge >= 0.3 is 0 Å². The van der Waals surface area contributed by atoms with Crippen LogP contribution >= 0.6 is 0 Å². The van der Waals surface area contributed by atoms with E-state index in [1.165, 1.54) is 13.1 Å². The molecule has 0 unspecified atom stereocenters. The van der Waals surface area contributed by atoms with Crippen LogP contribution in [0.1, 0.15) is 12.6 Å². The van der Waals surface area contributed by atoms with Gasteiger partial charge in [-0.1, -0.05) is 11.2 Å². The minimum Gasteiger partial charge on any atom is -0.410 e. The van der Waals surface area contributed by atoms with Crippen LogP contribution in [0, 0.1) is 0 Å². The number of pyridine rings is 1. The number of nitrogens with zero attached hydrogens (tertiary/aromatic N) is 2. The molecule has 12 heavy (non-hydrogen) atoms. The maximum absolute atomic E-state index is 10.8. The first-order chi connectivity index (χ1) is 5.75. The van der Waals surface area contributed by atoms with Crippen molar-refractivity contribution >= 4 is 11.5 Å². The number of hydrogen-bond donors (Lipinski definition) is 1. The van der Waals surface area contributed by atoms with E-state index >= 15 is 0 Å². The highest BCUT2D eigenvalue weighted by atomic mass is 16.4. The van der Waals surface area contributed by atoms with Crippen molar-refractivity contribution in [2.75, 3.05) is 0 Å². The van der Waals surface area contributed by atoms with E-state index in [-0.39, 0.29) is 11.5 Å². The van der Waals surface area contributed by atoms with Crippen LogP contribution in [0.5, 0.6) is 0 Å². The zero-order valence-electron chi connectivity index (χ0n) is 6.56. The molecule has 1 rings (SSSR count). The number of rotatable bonds is 2. The average molecular weight is 164 g/mol. The molecule has 0 aromatic carbocycles. The van der Waals surface area contributed by atoms with E-state index in [9.17, 15) is 4.79 Å². The van der Waals surface area contributed by atoms with Crippen molar-refractivity contribution in [3.05, 3.63) is 30.1 Å². The van der Waals surface area contributed by atoms with Gasteiger partial charge in [-0.05, 0) is 12.1 Å². The molecule has 62 valence electrons. The molecule has 0 atom stereocenters. The number of aromatic nitrogens is 1. The Bertz CT molecular complexity index is 306. The number of carbonyl (C=O) groups is 1. The topological polar surface area (TPSA) is 62.5 Å². The van der Waals surface area contributed by atoms with Gasteiger partial charge in [-0.3, -0.25) is 9.78 Å². The van der Waals surface area contributed by atoms with Crippen molar-refractivity contribution in [1.82, 2.24) is 4.98 Å². The van der Waals surface area contributed by atoms with Gasteiger partial charge in [0.1, 0.15) is 0 Å². The average Bonchev–Trinajstić information content (AvgIpc) is 2.07. The highest BCUT2D eigenvalue weighted by molar-refractivity contribution is 6.44. The van der Waals surface area contributed by atoms with E-state index in [1.807, 2.05) is 0 Å². The minimum atomic E-state index is -0.309. The summed E-state index contributed by atoms with van der Waals surface area (Å²) in [5.41, 5.74) is 0.364. The third-order valence-electron chi connectivity index (χ3n) is 1.34. The Labute approximate surface area is 69.6 Å². The highest BCUT2D eigenvalue weighted by Gasteiger charge is 2.09. The molecule has 1 aromatic rings. The number of ketones is 1. The third kappa shape index (κ3) is 1.66. The number of oxime groups is 1. The molecule has 0 fully saturated rings. The van der Waals surface area contributed by atoms with Gasteiger partial charge < -0.3 is 5.21 Å². The Hall–Kier alpha value is -1.71. The molecule has 0 saturated carbocycles. The van der Waals surface area contributed by atoms with E-state index in [0.717, 1.165) is 0 Å². The van der Waals surface area contributed by atoms with E-state index in [2.05, 4.69) is 10.1 Å². The summed E-state index contributed by atoms with van der Waals surface area (Å²) in [6, 6.07) is 5.05. The fraction of sp³-hybridized carbons (Fsp3) is 0.125. The third-order valence-corrected chi connectivity index (χ3v) is 1.34. The second kappa shape index (κ2) is 3.61. The lowest BCUT2D eigenvalue weighted by Gasteiger charge is -1.96. The maximum atomic E-state index is 10.8. The maximum Gasteiger partial charge on any atom is 0.183 e. The smallest absolute Gasteiger partial charge is 0.183 e. The molecule has 0 aliphatic rings. The normalized spacial score (nSPS) is 11.2. The molecular formula is C8H8N2O2. The van der Waals surface area contributed by atoms with Gasteiger partial charge in [0.05, 0.1) is 5.69 Å². The summed E-state index contributed by atoms with van der Waals surface area (Å²) in [4.78, 5) is 14.7. The number of hydrogen-bond acceptors (Lipinski definition) is 4. The Morgan fingerprint density at radius 1 is 1.58 bits per heavy atom. The van der Waals surface area contributed by atoms with Crippen molar-refractivity contribution < 1.29 is 10.0 Å². The van der Waals surface area contributed by atoms with Crippen LogP contribution in [0.25, 0.3) is 0 Å². The molecule has 1 aromatic heterocycles. The molecule has 4 heteroatoms. The lowest BCUT2D eigenvalue weighted by molar-refractivity contribution is -0.111. The summed E-state index contributed by atoms with van der Waals surface area (Å²) in [6.07, 6.45) is 1.53. The second-order valence-electron chi connectivity index (χ2n) is 2.22. The van der Waals surface area contributed by atoms with Gasteiger partial charge in [-0.2, -0.15) is 0 Å². The Balaban J connectivity index is 3.05. The SMILES string of the molecule is CC(=O)/C(=N/O)c1ccccn1. The van der Waals surface area contributed by atoms with Crippen molar-refractivity contribution in [2.24, 2.45) is 5.16 Å². The van der Waals surface area contributed by atoms with Crippen molar-refractivity contribution in [1.29, 1.82) is 0 Å². The van der Waals surface area contributed by atoms with Crippen molar-refractivity contribution in [2.45, 2.75) is 6.92 Å². The monoisotopic (exact) mass is 164 g/mol. The molecule has 0 aliphatic heterocycles.